The summed E-state index contributed by atoms with van der Waals surface area (Å²) in [7, 11) is 3.65. The average Bonchev–Trinajstić information content (AvgIpc) is 1.78. The van der Waals surface area contributed by atoms with E-state index in [2.05, 4.69) is 73.8 Å². The van der Waals surface area contributed by atoms with E-state index < -0.39 is 181 Å². The van der Waals surface area contributed by atoms with Crippen molar-refractivity contribution in [2.45, 2.75) is 152 Å². The van der Waals surface area contributed by atoms with Crippen LogP contribution in [0.15, 0.2) is 36.8 Å². The lowest BCUT2D eigenvalue weighted by Gasteiger charge is -2.31. The number of nitrogens with two attached hydrogens (primary N) is 2. The van der Waals surface area contributed by atoms with Gasteiger partial charge in [-0.3, -0.25) is 67.1 Å². The zero-order chi connectivity index (χ0) is 68.8. The number of imidazole rings is 1. The Morgan fingerprint density at radius 3 is 2.00 bits per heavy atom. The minimum atomic E-state index is -1.60. The number of fused-ring (bicyclic) bond motifs is 6. The molecule has 2 bridgehead atoms. The molecule has 0 spiro atoms. The molecule has 2 aromatic rings. The standard InChI is InChI=1S/C57H83N17O16S4/c1-27(2)45(72-44(79)20-61-48(81)34-12-13-42(77)64-34)55(88)70-40-25-93-91-22-37(47(59)80)68-54(87)41-17-32(76)21-74(41)57(90)36(16-30-18-60-26-63-30)67-52(85)39-24-94-92-23-38(69-53(40)86)49(82)62-19-43(78)65-35(15-29-8-10-31(75)11-9-29)51(84)66-33(7-5-6-14-58)50(83)73-46(28(3)4)56(89)71-39/h8-11,18,26-28,32-41,45-46,75-76H,5-7,12-17,19-25,58H2,1-4H3,(H2,59,80)(H,60,63)(H,61,81)(H,62,82)(H,64,77)(H,65,78)(H,66,84)(H,67,85)(H,68,87)(H,69,86)(H,70,88)(H,71,89)(H,72,79)(H,73,83)/t32-,33+,34+,35+,36+,37+,38+,39+,40+,41+,45+,46+/m1/s1. The Balaban J connectivity index is 1.40. The number of phenolic OH excluding ortho intramolecular Hbond substituents is 1. The van der Waals surface area contributed by atoms with Gasteiger partial charge >= 0.3 is 0 Å². The van der Waals surface area contributed by atoms with Crippen LogP contribution in [0.2, 0.25) is 0 Å². The van der Waals surface area contributed by atoms with Gasteiger partial charge in [-0.25, -0.2) is 4.98 Å². The number of aromatic amines is 1. The molecule has 1 aromatic heterocycles. The van der Waals surface area contributed by atoms with E-state index >= 15 is 0 Å². The lowest BCUT2D eigenvalue weighted by atomic mass is 10.0. The van der Waals surface area contributed by atoms with Gasteiger partial charge in [-0.15, -0.1) is 0 Å². The highest BCUT2D eigenvalue weighted by molar-refractivity contribution is 8.77. The van der Waals surface area contributed by atoms with Gasteiger partial charge in [0.15, 0.2) is 0 Å². The number of rotatable bonds is 17. The van der Waals surface area contributed by atoms with Crippen LogP contribution < -0.4 is 75.3 Å². The molecule has 4 fully saturated rings. The van der Waals surface area contributed by atoms with Gasteiger partial charge in [-0.1, -0.05) is 83.0 Å². The third-order valence-corrected chi connectivity index (χ3v) is 20.2. The van der Waals surface area contributed by atoms with Crippen LogP contribution in [0, 0.1) is 11.8 Å². The Morgan fingerprint density at radius 2 is 1.36 bits per heavy atom. The number of aromatic hydroxyl groups is 1. The summed E-state index contributed by atoms with van der Waals surface area (Å²) >= 11 is 0. The van der Waals surface area contributed by atoms with Crippen molar-refractivity contribution in [1.29, 1.82) is 0 Å². The smallest absolute Gasteiger partial charge is 0.246 e. The topological polar surface area (TPSA) is 508 Å². The van der Waals surface area contributed by atoms with Crippen molar-refractivity contribution in [2.24, 2.45) is 23.3 Å². The summed E-state index contributed by atoms with van der Waals surface area (Å²) in [5.41, 5.74) is 12.4. The van der Waals surface area contributed by atoms with Gasteiger partial charge in [0.25, 0.3) is 0 Å². The molecule has 0 radical (unpaired) electrons. The number of aliphatic hydroxyl groups excluding tert-OH is 1. The minimum absolute atomic E-state index is 0.000895. The Kier molecular flexibility index (Phi) is 29.3. The van der Waals surface area contributed by atoms with Crippen LogP contribution in [0.25, 0.3) is 0 Å². The summed E-state index contributed by atoms with van der Waals surface area (Å²) in [5, 5.41) is 52.1. The van der Waals surface area contributed by atoms with Gasteiger partial charge in [0.05, 0.1) is 25.5 Å². The summed E-state index contributed by atoms with van der Waals surface area (Å²) in [5.74, 6) is -14.7. The molecule has 14 amide bonds. The van der Waals surface area contributed by atoms with Crippen LogP contribution in [0.3, 0.4) is 0 Å². The summed E-state index contributed by atoms with van der Waals surface area (Å²) in [6.45, 7) is 4.81. The first-order chi connectivity index (χ1) is 44.7. The molecular formula is C57H83N17O16S4. The molecule has 4 aliphatic rings. The number of aliphatic hydroxyl groups is 1. The quantitative estimate of drug-likeness (QED) is 0.0519. The molecule has 19 N–H and O–H groups in total. The first kappa shape index (κ1) is 75.2. The van der Waals surface area contributed by atoms with Gasteiger partial charge in [0.2, 0.25) is 82.7 Å². The van der Waals surface area contributed by atoms with Gasteiger partial charge in [-0.2, -0.15) is 0 Å². The highest BCUT2D eigenvalue weighted by atomic mass is 33.1. The molecule has 37 heteroatoms. The van der Waals surface area contributed by atoms with E-state index in [0.29, 0.717) is 24.1 Å². The molecule has 0 saturated carbocycles. The molecule has 0 aliphatic carbocycles. The summed E-state index contributed by atoms with van der Waals surface area (Å²) in [6.07, 6.45) is 1.71. The van der Waals surface area contributed by atoms with Crippen LogP contribution >= 0.6 is 43.2 Å². The third-order valence-electron chi connectivity index (χ3n) is 15.4. The lowest BCUT2D eigenvalue weighted by Crippen LogP contribution is -2.61. The van der Waals surface area contributed by atoms with Crippen LogP contribution in [0.4, 0.5) is 0 Å². The van der Waals surface area contributed by atoms with Crippen LogP contribution in [-0.2, 0) is 80.0 Å². The van der Waals surface area contributed by atoms with Crippen molar-refractivity contribution in [1.82, 2.24) is 78.7 Å². The number of nitrogens with zero attached hydrogens (tertiary/aromatic N) is 2. The number of nitrogens with one attached hydrogen (secondary N) is 13. The van der Waals surface area contributed by atoms with E-state index in [9.17, 15) is 77.3 Å². The van der Waals surface area contributed by atoms with E-state index in [1.807, 2.05) is 0 Å². The summed E-state index contributed by atoms with van der Waals surface area (Å²) < 4.78 is 0. The van der Waals surface area contributed by atoms with Gasteiger partial charge < -0.3 is 95.4 Å². The van der Waals surface area contributed by atoms with E-state index in [-0.39, 0.29) is 79.7 Å². The number of amides is 14. The zero-order valence-electron chi connectivity index (χ0n) is 52.2. The largest absolute Gasteiger partial charge is 0.508 e. The number of benzene rings is 1. The molecule has 0 unspecified atom stereocenters. The Morgan fingerprint density at radius 1 is 0.702 bits per heavy atom. The fourth-order valence-corrected chi connectivity index (χ4v) is 14.8. The molecule has 4 aliphatic heterocycles. The van der Waals surface area contributed by atoms with Crippen molar-refractivity contribution in [2.75, 3.05) is 49.2 Å². The number of hydrogen-bond acceptors (Lipinski definition) is 22. The number of phenols is 1. The molecule has 5 heterocycles. The zero-order valence-corrected chi connectivity index (χ0v) is 55.4. The number of aromatic nitrogens is 2. The Hall–Kier alpha value is -7.87. The third kappa shape index (κ3) is 23.0. The molecule has 94 heavy (non-hydrogen) atoms. The van der Waals surface area contributed by atoms with Crippen LogP contribution in [-0.4, -0.2) is 230 Å². The van der Waals surface area contributed by atoms with E-state index in [4.69, 9.17) is 11.5 Å². The molecule has 6 rings (SSSR count). The van der Waals surface area contributed by atoms with Crippen molar-refractivity contribution in [3.05, 3.63) is 48.0 Å². The SMILES string of the molecule is CC(C)[C@H](NC(=O)CNC(=O)[C@@H]1CCC(=O)N1)C(=O)N[C@H]1CSSC[C@@H](C(N)=O)NC(=O)[C@@H]2C[C@@H](O)CN2C(=O)[C@H](Cc2cnc[nH]2)NC(=O)[C@@H]2CSSC[C@H](NC1=O)C(=O)NCC(=O)N[C@@H](Cc1ccc(O)cc1)C(=O)N[C@@H](CCCCN)C(=O)N[C@@H](C(C)C)C(=O)N2. The predicted octanol–water partition coefficient (Wildman–Crippen LogP) is -5.55. The second-order valence-corrected chi connectivity index (χ2v) is 28.6. The Bertz CT molecular complexity index is 3060. The maximum absolute atomic E-state index is 14.9. The minimum Gasteiger partial charge on any atom is -0.508 e. The fraction of sp³-hybridized carbons (Fsp3) is 0.596. The van der Waals surface area contributed by atoms with Crippen molar-refractivity contribution in [3.63, 3.8) is 0 Å². The first-order valence-electron chi connectivity index (χ1n) is 30.5. The van der Waals surface area contributed by atoms with Gasteiger partial charge in [-0.05, 0) is 61.8 Å². The fourth-order valence-electron chi connectivity index (χ4n) is 10.2. The molecule has 33 nitrogen and oxygen atoms in total. The van der Waals surface area contributed by atoms with Crippen LogP contribution in [0.1, 0.15) is 77.5 Å². The highest BCUT2D eigenvalue weighted by Gasteiger charge is 2.44. The molecular weight excluding hydrogens is 1310 g/mol. The average molecular weight is 1390 g/mol. The summed E-state index contributed by atoms with van der Waals surface area (Å²) in [4.78, 5) is 204. The Labute approximate surface area is 557 Å². The van der Waals surface area contributed by atoms with Crippen LogP contribution in [0.5, 0.6) is 5.75 Å². The van der Waals surface area contributed by atoms with Crippen molar-refractivity contribution in [3.8, 4) is 5.75 Å². The second-order valence-electron chi connectivity index (χ2n) is 23.5. The normalized spacial score (nSPS) is 26.6. The second kappa shape index (κ2) is 36.7. The van der Waals surface area contributed by atoms with Gasteiger partial charge in [0, 0.05) is 67.1 Å². The molecule has 516 valence electrons. The number of unbranched alkanes of at least 4 members (excludes halogenated alkanes) is 1. The van der Waals surface area contributed by atoms with E-state index in [1.54, 1.807) is 27.7 Å². The first-order valence-corrected chi connectivity index (χ1v) is 35.5. The molecule has 4 saturated heterocycles. The molecule has 12 atom stereocenters. The lowest BCUT2D eigenvalue weighted by molar-refractivity contribution is -0.142. The number of carbonyl (C=O) groups excluding carboxylic acids is 14. The summed E-state index contributed by atoms with van der Waals surface area (Å²) in [6, 6.07) is -9.91. The monoisotopic (exact) mass is 1390 g/mol. The van der Waals surface area contributed by atoms with Crippen molar-refractivity contribution >= 4 is 126 Å². The highest BCUT2D eigenvalue weighted by Crippen LogP contribution is 2.27. The maximum atomic E-state index is 14.9. The number of carbonyl (C=O) groups is 14. The number of primary amides is 1. The van der Waals surface area contributed by atoms with E-state index in [1.165, 1.54) is 36.8 Å². The van der Waals surface area contributed by atoms with Gasteiger partial charge in [0.1, 0.15) is 72.2 Å². The predicted molar refractivity (Wildman–Crippen MR) is 346 cm³/mol. The maximum Gasteiger partial charge on any atom is 0.246 e. The van der Waals surface area contributed by atoms with E-state index in [0.717, 1.165) is 48.1 Å². The molecule has 1 aromatic carbocycles. The number of H-pyrrole nitrogens is 1. The number of hydrogen-bond donors (Lipinski definition) is 17. The van der Waals surface area contributed by atoms with Crippen molar-refractivity contribution < 1.29 is 77.3 Å².